The molecule has 0 aliphatic carbocycles. The SMILES string of the molecule is CCOCCCNc1ccccc1C(=O)O. The Labute approximate surface area is 95.2 Å². The van der Waals surface area contributed by atoms with E-state index in [4.69, 9.17) is 9.84 Å². The number of para-hydroxylation sites is 1. The molecule has 0 aromatic heterocycles. The third-order valence-electron chi connectivity index (χ3n) is 2.14. The molecular weight excluding hydrogens is 206 g/mol. The van der Waals surface area contributed by atoms with Crippen LogP contribution in [0.3, 0.4) is 0 Å². The van der Waals surface area contributed by atoms with Crippen molar-refractivity contribution in [2.24, 2.45) is 0 Å². The molecule has 0 amide bonds. The van der Waals surface area contributed by atoms with E-state index >= 15 is 0 Å². The Balaban J connectivity index is 2.44. The van der Waals surface area contributed by atoms with Crippen molar-refractivity contribution in [2.45, 2.75) is 13.3 Å². The Hall–Kier alpha value is -1.55. The van der Waals surface area contributed by atoms with Crippen LogP contribution in [0.2, 0.25) is 0 Å². The van der Waals surface area contributed by atoms with Crippen molar-refractivity contribution >= 4 is 11.7 Å². The molecule has 0 fully saturated rings. The van der Waals surface area contributed by atoms with Gasteiger partial charge in [-0.1, -0.05) is 12.1 Å². The molecule has 88 valence electrons. The first-order valence-corrected chi connectivity index (χ1v) is 5.39. The van der Waals surface area contributed by atoms with Crippen LogP contribution in [0.5, 0.6) is 0 Å². The highest BCUT2D eigenvalue weighted by Crippen LogP contribution is 2.14. The van der Waals surface area contributed by atoms with Gasteiger partial charge in [-0.3, -0.25) is 0 Å². The number of nitrogens with one attached hydrogen (secondary N) is 1. The maximum Gasteiger partial charge on any atom is 0.337 e. The zero-order chi connectivity index (χ0) is 11.8. The van der Waals surface area contributed by atoms with Gasteiger partial charge in [0.05, 0.1) is 5.56 Å². The molecule has 4 heteroatoms. The number of hydrogen-bond donors (Lipinski definition) is 2. The highest BCUT2D eigenvalue weighted by atomic mass is 16.5. The highest BCUT2D eigenvalue weighted by Gasteiger charge is 2.07. The fraction of sp³-hybridized carbons (Fsp3) is 0.417. The minimum atomic E-state index is -0.909. The average Bonchev–Trinajstić information content (AvgIpc) is 2.29. The van der Waals surface area contributed by atoms with Crippen molar-refractivity contribution in [3.63, 3.8) is 0 Å². The van der Waals surface area contributed by atoms with Crippen molar-refractivity contribution in [1.82, 2.24) is 0 Å². The van der Waals surface area contributed by atoms with Crippen LogP contribution in [0.25, 0.3) is 0 Å². The highest BCUT2D eigenvalue weighted by molar-refractivity contribution is 5.94. The molecule has 0 aliphatic rings. The molecule has 1 aromatic rings. The van der Waals surface area contributed by atoms with Gasteiger partial charge in [0.2, 0.25) is 0 Å². The summed E-state index contributed by atoms with van der Waals surface area (Å²) in [5.41, 5.74) is 0.963. The quantitative estimate of drug-likeness (QED) is 0.696. The fourth-order valence-corrected chi connectivity index (χ4v) is 1.37. The lowest BCUT2D eigenvalue weighted by Gasteiger charge is -2.09. The number of benzene rings is 1. The van der Waals surface area contributed by atoms with Gasteiger partial charge in [-0.05, 0) is 25.5 Å². The second kappa shape index (κ2) is 6.85. The van der Waals surface area contributed by atoms with Gasteiger partial charge in [0.25, 0.3) is 0 Å². The summed E-state index contributed by atoms with van der Waals surface area (Å²) in [6.45, 7) is 4.07. The lowest BCUT2D eigenvalue weighted by atomic mass is 10.2. The number of carboxylic acids is 1. The van der Waals surface area contributed by atoms with Gasteiger partial charge in [-0.25, -0.2) is 4.79 Å². The minimum Gasteiger partial charge on any atom is -0.478 e. The zero-order valence-corrected chi connectivity index (χ0v) is 9.40. The molecule has 1 aromatic carbocycles. The van der Waals surface area contributed by atoms with Crippen molar-refractivity contribution in [2.75, 3.05) is 25.1 Å². The summed E-state index contributed by atoms with van der Waals surface area (Å²) in [5, 5.41) is 12.0. The van der Waals surface area contributed by atoms with Crippen LogP contribution in [0.4, 0.5) is 5.69 Å². The first-order valence-electron chi connectivity index (χ1n) is 5.39. The van der Waals surface area contributed by atoms with Gasteiger partial charge >= 0.3 is 5.97 Å². The summed E-state index contributed by atoms with van der Waals surface area (Å²) in [7, 11) is 0. The monoisotopic (exact) mass is 223 g/mol. The van der Waals surface area contributed by atoms with Gasteiger partial charge in [0.15, 0.2) is 0 Å². The third kappa shape index (κ3) is 3.90. The van der Waals surface area contributed by atoms with Crippen LogP contribution in [0.1, 0.15) is 23.7 Å². The van der Waals surface area contributed by atoms with Crippen molar-refractivity contribution in [3.8, 4) is 0 Å². The minimum absolute atomic E-state index is 0.305. The van der Waals surface area contributed by atoms with E-state index < -0.39 is 5.97 Å². The normalized spacial score (nSPS) is 10.1. The molecule has 0 radical (unpaired) electrons. The van der Waals surface area contributed by atoms with Crippen LogP contribution < -0.4 is 5.32 Å². The predicted octanol–water partition coefficient (Wildman–Crippen LogP) is 2.22. The first-order chi connectivity index (χ1) is 7.75. The second-order valence-electron chi connectivity index (χ2n) is 3.33. The predicted molar refractivity (Wildman–Crippen MR) is 63.0 cm³/mol. The Morgan fingerprint density at radius 1 is 1.44 bits per heavy atom. The maximum absolute atomic E-state index is 10.9. The fourth-order valence-electron chi connectivity index (χ4n) is 1.37. The molecule has 0 aliphatic heterocycles. The lowest BCUT2D eigenvalue weighted by Crippen LogP contribution is -2.09. The molecule has 0 atom stereocenters. The number of aromatic carboxylic acids is 1. The van der Waals surface area contributed by atoms with Crippen LogP contribution in [0.15, 0.2) is 24.3 Å². The molecule has 0 saturated carbocycles. The topological polar surface area (TPSA) is 58.6 Å². The molecule has 4 nitrogen and oxygen atoms in total. The van der Waals surface area contributed by atoms with Crippen LogP contribution in [0, 0.1) is 0 Å². The number of rotatable bonds is 7. The van der Waals surface area contributed by atoms with Crippen molar-refractivity contribution in [1.29, 1.82) is 0 Å². The Kier molecular flexibility index (Phi) is 5.36. The van der Waals surface area contributed by atoms with Crippen LogP contribution >= 0.6 is 0 Å². The summed E-state index contributed by atoms with van der Waals surface area (Å²) in [6.07, 6.45) is 0.863. The summed E-state index contributed by atoms with van der Waals surface area (Å²) in [5.74, 6) is -0.909. The number of carboxylic acid groups (broad SMARTS) is 1. The molecule has 2 N–H and O–H groups in total. The van der Waals surface area contributed by atoms with Crippen LogP contribution in [-0.4, -0.2) is 30.8 Å². The third-order valence-corrected chi connectivity index (χ3v) is 2.14. The first kappa shape index (κ1) is 12.5. The van der Waals surface area contributed by atoms with Gasteiger partial charge in [0.1, 0.15) is 0 Å². The standard InChI is InChI=1S/C12H17NO3/c1-2-16-9-5-8-13-11-7-4-3-6-10(11)12(14)15/h3-4,6-7,13H,2,5,8-9H2,1H3,(H,14,15). The number of ether oxygens (including phenoxy) is 1. The second-order valence-corrected chi connectivity index (χ2v) is 3.33. The van der Waals surface area contributed by atoms with E-state index in [2.05, 4.69) is 5.32 Å². The van der Waals surface area contributed by atoms with E-state index in [0.29, 0.717) is 31.0 Å². The van der Waals surface area contributed by atoms with Gasteiger partial charge in [-0.15, -0.1) is 0 Å². The van der Waals surface area contributed by atoms with E-state index in [-0.39, 0.29) is 0 Å². The molecule has 0 saturated heterocycles. The van der Waals surface area contributed by atoms with Gasteiger partial charge in [-0.2, -0.15) is 0 Å². The molecule has 0 bridgehead atoms. The van der Waals surface area contributed by atoms with E-state index in [9.17, 15) is 4.79 Å². The largest absolute Gasteiger partial charge is 0.478 e. The molecule has 0 unspecified atom stereocenters. The Morgan fingerprint density at radius 3 is 2.88 bits per heavy atom. The Morgan fingerprint density at radius 2 is 2.19 bits per heavy atom. The smallest absolute Gasteiger partial charge is 0.337 e. The van der Waals surface area contributed by atoms with Gasteiger partial charge < -0.3 is 15.2 Å². The van der Waals surface area contributed by atoms with Crippen LogP contribution in [-0.2, 0) is 4.74 Å². The summed E-state index contributed by atoms with van der Waals surface area (Å²) in [6, 6.07) is 6.89. The maximum atomic E-state index is 10.9. The number of hydrogen-bond acceptors (Lipinski definition) is 3. The van der Waals surface area contributed by atoms with E-state index in [1.165, 1.54) is 0 Å². The molecule has 0 heterocycles. The lowest BCUT2D eigenvalue weighted by molar-refractivity contribution is 0.0698. The number of carbonyl (C=O) groups is 1. The molecular formula is C12H17NO3. The van der Waals surface area contributed by atoms with Crippen molar-refractivity contribution < 1.29 is 14.6 Å². The molecule has 16 heavy (non-hydrogen) atoms. The summed E-state index contributed by atoms with van der Waals surface area (Å²) in [4.78, 5) is 10.9. The van der Waals surface area contributed by atoms with E-state index in [1.807, 2.05) is 13.0 Å². The zero-order valence-electron chi connectivity index (χ0n) is 9.40. The summed E-state index contributed by atoms with van der Waals surface area (Å²) >= 11 is 0. The van der Waals surface area contributed by atoms with E-state index in [1.54, 1.807) is 18.2 Å². The Bertz CT molecular complexity index is 339. The molecule has 1 rings (SSSR count). The van der Waals surface area contributed by atoms with Crippen molar-refractivity contribution in [3.05, 3.63) is 29.8 Å². The number of anilines is 1. The van der Waals surface area contributed by atoms with Gasteiger partial charge in [0, 0.05) is 25.4 Å². The average molecular weight is 223 g/mol. The van der Waals surface area contributed by atoms with E-state index in [0.717, 1.165) is 6.42 Å². The molecule has 0 spiro atoms. The summed E-state index contributed by atoms with van der Waals surface area (Å²) < 4.78 is 5.19.